The largest absolute Gasteiger partial charge is 0.444 e. The van der Waals surface area contributed by atoms with Crippen LogP contribution >= 0.6 is 11.3 Å². The second-order valence-electron chi connectivity index (χ2n) is 4.73. The zero-order chi connectivity index (χ0) is 14.8. The number of cyclic esters (lactones) is 1. The van der Waals surface area contributed by atoms with Gasteiger partial charge in [0, 0.05) is 10.9 Å². The third kappa shape index (κ3) is 2.60. The van der Waals surface area contributed by atoms with Crippen LogP contribution in [0.5, 0.6) is 0 Å². The second kappa shape index (κ2) is 5.54. The number of carbonyl (C=O) groups is 1. The van der Waals surface area contributed by atoms with Gasteiger partial charge in [0.2, 0.25) is 0 Å². The second-order valence-corrected chi connectivity index (χ2v) is 5.57. The van der Waals surface area contributed by atoms with Crippen molar-refractivity contribution in [2.75, 3.05) is 11.4 Å². The molecule has 0 bridgehead atoms. The van der Waals surface area contributed by atoms with Crippen LogP contribution in [-0.2, 0) is 4.74 Å². The lowest BCUT2D eigenvalue weighted by atomic mass is 10.1. The van der Waals surface area contributed by atoms with Crippen molar-refractivity contribution in [3.05, 3.63) is 35.2 Å². The van der Waals surface area contributed by atoms with Crippen LogP contribution < -0.4 is 4.90 Å². The molecule has 21 heavy (non-hydrogen) atoms. The van der Waals surface area contributed by atoms with Crippen LogP contribution in [0.4, 0.5) is 9.93 Å². The Morgan fingerprint density at radius 2 is 2.24 bits per heavy atom. The number of benzene rings is 1. The average molecular weight is 299 g/mol. The first-order valence-electron chi connectivity index (χ1n) is 6.65. The molecule has 2 heterocycles. The number of ether oxygens (including phenoxy) is 1. The first-order valence-corrected chi connectivity index (χ1v) is 7.53. The highest BCUT2D eigenvalue weighted by atomic mass is 32.1. The van der Waals surface area contributed by atoms with Crippen LogP contribution in [-0.4, -0.2) is 23.7 Å². The molecule has 1 amide bonds. The SMILES string of the molecule is CCC1CN(c2nc(-c3ccc(C#N)cc3)cs2)C(=O)O1. The van der Waals surface area contributed by atoms with Gasteiger partial charge < -0.3 is 4.74 Å². The van der Waals surface area contributed by atoms with Gasteiger partial charge in [-0.2, -0.15) is 5.26 Å². The van der Waals surface area contributed by atoms with Gasteiger partial charge in [0.1, 0.15) is 6.10 Å². The number of thiazole rings is 1. The molecule has 1 aliphatic heterocycles. The van der Waals surface area contributed by atoms with Crippen molar-refractivity contribution in [2.24, 2.45) is 0 Å². The summed E-state index contributed by atoms with van der Waals surface area (Å²) in [6.45, 7) is 2.54. The summed E-state index contributed by atoms with van der Waals surface area (Å²) in [6, 6.07) is 9.31. The number of nitrogens with zero attached hydrogens (tertiary/aromatic N) is 3. The van der Waals surface area contributed by atoms with Crippen molar-refractivity contribution in [3.8, 4) is 17.3 Å². The molecular weight excluding hydrogens is 286 g/mol. The van der Waals surface area contributed by atoms with Gasteiger partial charge in [0.15, 0.2) is 5.13 Å². The van der Waals surface area contributed by atoms with Gasteiger partial charge in [-0.1, -0.05) is 19.1 Å². The van der Waals surface area contributed by atoms with Crippen molar-refractivity contribution in [3.63, 3.8) is 0 Å². The molecule has 1 unspecified atom stereocenters. The molecule has 1 fully saturated rings. The van der Waals surface area contributed by atoms with E-state index in [0.717, 1.165) is 17.7 Å². The van der Waals surface area contributed by atoms with Crippen molar-refractivity contribution < 1.29 is 9.53 Å². The molecule has 1 saturated heterocycles. The maximum absolute atomic E-state index is 11.8. The van der Waals surface area contributed by atoms with Crippen molar-refractivity contribution in [1.82, 2.24) is 4.98 Å². The van der Waals surface area contributed by atoms with E-state index in [1.54, 1.807) is 17.0 Å². The Morgan fingerprint density at radius 1 is 1.48 bits per heavy atom. The summed E-state index contributed by atoms with van der Waals surface area (Å²) < 4.78 is 5.24. The van der Waals surface area contributed by atoms with Gasteiger partial charge in [-0.25, -0.2) is 14.7 Å². The predicted molar refractivity (Wildman–Crippen MR) is 80.2 cm³/mol. The molecule has 0 radical (unpaired) electrons. The topological polar surface area (TPSA) is 66.2 Å². The van der Waals surface area contributed by atoms with E-state index < -0.39 is 0 Å². The van der Waals surface area contributed by atoms with E-state index in [2.05, 4.69) is 11.1 Å². The normalized spacial score (nSPS) is 17.6. The first kappa shape index (κ1) is 13.6. The van der Waals surface area contributed by atoms with Gasteiger partial charge in [-0.15, -0.1) is 11.3 Å². The number of amides is 1. The Labute approximate surface area is 126 Å². The lowest BCUT2D eigenvalue weighted by molar-refractivity contribution is 0.139. The molecule has 6 heteroatoms. The zero-order valence-corrected chi connectivity index (χ0v) is 12.3. The van der Waals surface area contributed by atoms with E-state index in [0.29, 0.717) is 17.2 Å². The highest BCUT2D eigenvalue weighted by Gasteiger charge is 2.32. The number of rotatable bonds is 3. The Morgan fingerprint density at radius 3 is 2.86 bits per heavy atom. The average Bonchev–Trinajstić information content (AvgIpc) is 3.13. The van der Waals surface area contributed by atoms with Gasteiger partial charge in [-0.3, -0.25) is 0 Å². The molecule has 3 rings (SSSR count). The molecule has 0 saturated carbocycles. The van der Waals surface area contributed by atoms with Crippen LogP contribution in [0.25, 0.3) is 11.3 Å². The summed E-state index contributed by atoms with van der Waals surface area (Å²) in [5.41, 5.74) is 2.34. The van der Waals surface area contributed by atoms with E-state index in [1.165, 1.54) is 11.3 Å². The molecule has 5 nitrogen and oxygen atoms in total. The number of nitriles is 1. The van der Waals surface area contributed by atoms with E-state index in [-0.39, 0.29) is 12.2 Å². The van der Waals surface area contributed by atoms with E-state index in [4.69, 9.17) is 10.00 Å². The summed E-state index contributed by atoms with van der Waals surface area (Å²) in [7, 11) is 0. The van der Waals surface area contributed by atoms with Gasteiger partial charge >= 0.3 is 6.09 Å². The smallest absolute Gasteiger partial charge is 0.416 e. The van der Waals surface area contributed by atoms with Crippen molar-refractivity contribution in [1.29, 1.82) is 5.26 Å². The van der Waals surface area contributed by atoms with Crippen molar-refractivity contribution in [2.45, 2.75) is 19.4 Å². The number of aromatic nitrogens is 1. The Bertz CT molecular complexity index is 702. The zero-order valence-electron chi connectivity index (χ0n) is 11.4. The number of hydrogen-bond acceptors (Lipinski definition) is 5. The Kier molecular flexibility index (Phi) is 3.59. The fourth-order valence-electron chi connectivity index (χ4n) is 2.13. The molecule has 0 aliphatic carbocycles. The number of carbonyl (C=O) groups excluding carboxylic acids is 1. The molecule has 0 N–H and O–H groups in total. The fourth-order valence-corrected chi connectivity index (χ4v) is 2.96. The lowest BCUT2D eigenvalue weighted by Crippen LogP contribution is -2.24. The summed E-state index contributed by atoms with van der Waals surface area (Å²) in [5.74, 6) is 0. The van der Waals surface area contributed by atoms with Crippen LogP contribution in [0.3, 0.4) is 0 Å². The van der Waals surface area contributed by atoms with Gasteiger partial charge in [-0.05, 0) is 18.6 Å². The predicted octanol–water partition coefficient (Wildman–Crippen LogP) is 3.42. The van der Waals surface area contributed by atoms with Crippen LogP contribution in [0.2, 0.25) is 0 Å². The highest BCUT2D eigenvalue weighted by Crippen LogP contribution is 2.30. The van der Waals surface area contributed by atoms with Crippen LogP contribution in [0.15, 0.2) is 29.6 Å². The van der Waals surface area contributed by atoms with Gasteiger partial charge in [0.05, 0.1) is 23.9 Å². The summed E-state index contributed by atoms with van der Waals surface area (Å²) in [4.78, 5) is 17.9. The van der Waals surface area contributed by atoms with Gasteiger partial charge in [0.25, 0.3) is 0 Å². The van der Waals surface area contributed by atoms with E-state index >= 15 is 0 Å². The quantitative estimate of drug-likeness (QED) is 0.871. The molecular formula is C15H13N3O2S. The molecule has 2 aromatic rings. The van der Waals surface area contributed by atoms with E-state index in [9.17, 15) is 4.79 Å². The molecule has 1 aromatic carbocycles. The lowest BCUT2D eigenvalue weighted by Gasteiger charge is -2.07. The molecule has 1 aromatic heterocycles. The number of anilines is 1. The fraction of sp³-hybridized carbons (Fsp3) is 0.267. The minimum absolute atomic E-state index is 0.0558. The summed E-state index contributed by atoms with van der Waals surface area (Å²) in [6.07, 6.45) is 0.415. The van der Waals surface area contributed by atoms with Crippen LogP contribution in [0, 0.1) is 11.3 Å². The molecule has 106 valence electrons. The van der Waals surface area contributed by atoms with Crippen LogP contribution in [0.1, 0.15) is 18.9 Å². The first-order chi connectivity index (χ1) is 10.2. The monoisotopic (exact) mass is 299 g/mol. The van der Waals surface area contributed by atoms with Crippen molar-refractivity contribution >= 4 is 22.6 Å². The molecule has 1 aliphatic rings. The summed E-state index contributed by atoms with van der Waals surface area (Å²) in [5, 5.41) is 11.4. The minimum Gasteiger partial charge on any atom is -0.444 e. The molecule has 1 atom stereocenters. The maximum Gasteiger partial charge on any atom is 0.416 e. The third-order valence-electron chi connectivity index (χ3n) is 3.36. The Hall–Kier alpha value is -2.39. The maximum atomic E-state index is 11.8. The highest BCUT2D eigenvalue weighted by molar-refractivity contribution is 7.14. The Balaban J connectivity index is 1.83. The standard InChI is InChI=1S/C15H13N3O2S/c1-2-12-8-18(15(19)20-12)14-17-13(9-21-14)11-5-3-10(7-16)4-6-11/h3-6,9,12H,2,8H2,1H3. The number of hydrogen-bond donors (Lipinski definition) is 0. The minimum atomic E-state index is -0.331. The molecule has 0 spiro atoms. The van der Waals surface area contributed by atoms with E-state index in [1.807, 2.05) is 24.4 Å². The third-order valence-corrected chi connectivity index (χ3v) is 4.23. The summed E-state index contributed by atoms with van der Waals surface area (Å²) >= 11 is 1.42.